The Hall–Kier alpha value is -3.55. The molecule has 8 heteroatoms. The van der Waals surface area contributed by atoms with Crippen LogP contribution in [0.2, 0.25) is 0 Å². The summed E-state index contributed by atoms with van der Waals surface area (Å²) >= 11 is 0. The van der Waals surface area contributed by atoms with Crippen molar-refractivity contribution in [2.75, 3.05) is 24.5 Å². The number of carbonyl (C=O) groups is 3. The Kier molecular flexibility index (Phi) is 4.38. The first-order valence-electron chi connectivity index (χ1n) is 8.73. The van der Waals surface area contributed by atoms with Crippen LogP contribution in [0.1, 0.15) is 23.2 Å². The molecular formula is C20H18N2O6. The Morgan fingerprint density at radius 3 is 2.29 bits per heavy atom. The van der Waals surface area contributed by atoms with Crippen LogP contribution in [-0.2, 0) is 14.3 Å². The lowest BCUT2D eigenvalue weighted by atomic mass is 10.0. The van der Waals surface area contributed by atoms with E-state index >= 15 is 0 Å². The molecule has 0 bridgehead atoms. The minimum atomic E-state index is -1.13. The topological polar surface area (TPSA) is 103 Å². The summed E-state index contributed by atoms with van der Waals surface area (Å²) in [5.41, 5.74) is 0.142. The standard InChI is InChI=1S/C20H18N2O6/c1-26-17(23)12-3-2-4-13(9-12)21-18(24)20(7-8-20)19(25)22-14-5-6-15-16(10-14)28-11-27-15/h2-6,9-10H,7-8,11H2,1H3,(H,21,24)(H,22,25). The van der Waals surface area contributed by atoms with E-state index < -0.39 is 17.3 Å². The predicted molar refractivity (Wildman–Crippen MR) is 99.3 cm³/mol. The minimum absolute atomic E-state index is 0.143. The van der Waals surface area contributed by atoms with Gasteiger partial charge in [0.25, 0.3) is 0 Å². The SMILES string of the molecule is COC(=O)c1cccc(NC(=O)C2(C(=O)Nc3ccc4c(c3)OCO4)CC2)c1. The number of rotatable bonds is 5. The monoisotopic (exact) mass is 382 g/mol. The molecule has 2 aromatic rings. The molecular weight excluding hydrogens is 364 g/mol. The Morgan fingerprint density at radius 1 is 0.929 bits per heavy atom. The third-order valence-corrected chi connectivity index (χ3v) is 4.79. The van der Waals surface area contributed by atoms with Crippen LogP contribution in [0.5, 0.6) is 11.5 Å². The van der Waals surface area contributed by atoms with E-state index in [1.807, 2.05) is 0 Å². The maximum Gasteiger partial charge on any atom is 0.337 e. The van der Waals surface area contributed by atoms with Crippen LogP contribution in [0, 0.1) is 5.41 Å². The Morgan fingerprint density at radius 2 is 1.61 bits per heavy atom. The van der Waals surface area contributed by atoms with Gasteiger partial charge in [0, 0.05) is 17.4 Å². The molecule has 0 aromatic heterocycles. The summed E-state index contributed by atoms with van der Waals surface area (Å²) in [6.07, 6.45) is 0.901. The number of anilines is 2. The molecule has 2 aliphatic rings. The van der Waals surface area contributed by atoms with E-state index in [4.69, 9.17) is 9.47 Å². The van der Waals surface area contributed by atoms with Gasteiger partial charge in [-0.2, -0.15) is 0 Å². The molecule has 0 spiro atoms. The van der Waals surface area contributed by atoms with Crippen LogP contribution in [0.4, 0.5) is 11.4 Å². The summed E-state index contributed by atoms with van der Waals surface area (Å²) in [5.74, 6) is -0.132. The molecule has 144 valence electrons. The lowest BCUT2D eigenvalue weighted by molar-refractivity contribution is -0.131. The first-order chi connectivity index (χ1) is 13.5. The van der Waals surface area contributed by atoms with Crippen molar-refractivity contribution >= 4 is 29.2 Å². The van der Waals surface area contributed by atoms with E-state index in [2.05, 4.69) is 15.4 Å². The van der Waals surface area contributed by atoms with Crippen molar-refractivity contribution in [1.29, 1.82) is 0 Å². The molecule has 2 amide bonds. The van der Waals surface area contributed by atoms with E-state index in [1.165, 1.54) is 13.2 Å². The number of hydrogen-bond acceptors (Lipinski definition) is 6. The molecule has 1 heterocycles. The summed E-state index contributed by atoms with van der Waals surface area (Å²) in [6.45, 7) is 0.143. The molecule has 1 saturated carbocycles. The van der Waals surface area contributed by atoms with Gasteiger partial charge in [0.05, 0.1) is 12.7 Å². The van der Waals surface area contributed by atoms with Gasteiger partial charge in [-0.1, -0.05) is 6.07 Å². The second kappa shape index (κ2) is 6.88. The summed E-state index contributed by atoms with van der Waals surface area (Å²) in [7, 11) is 1.28. The van der Waals surface area contributed by atoms with Crippen molar-refractivity contribution < 1.29 is 28.6 Å². The van der Waals surface area contributed by atoms with E-state index in [-0.39, 0.29) is 12.7 Å². The van der Waals surface area contributed by atoms with Gasteiger partial charge in [-0.05, 0) is 43.2 Å². The quantitative estimate of drug-likeness (QED) is 0.609. The highest BCUT2D eigenvalue weighted by Crippen LogP contribution is 2.48. The highest BCUT2D eigenvalue weighted by Gasteiger charge is 2.56. The van der Waals surface area contributed by atoms with Crippen LogP contribution in [0.25, 0.3) is 0 Å². The second-order valence-electron chi connectivity index (χ2n) is 6.63. The Balaban J connectivity index is 1.45. The van der Waals surface area contributed by atoms with Crippen molar-refractivity contribution in [3.63, 3.8) is 0 Å². The number of benzene rings is 2. The number of carbonyl (C=O) groups excluding carboxylic acids is 3. The smallest absolute Gasteiger partial charge is 0.337 e. The fourth-order valence-corrected chi connectivity index (χ4v) is 3.00. The minimum Gasteiger partial charge on any atom is -0.465 e. The Bertz CT molecular complexity index is 967. The lowest BCUT2D eigenvalue weighted by Gasteiger charge is -2.16. The summed E-state index contributed by atoms with van der Waals surface area (Å²) < 4.78 is 15.2. The zero-order chi connectivity index (χ0) is 19.7. The molecule has 28 heavy (non-hydrogen) atoms. The maximum absolute atomic E-state index is 12.7. The summed E-state index contributed by atoms with van der Waals surface area (Å²) in [5, 5.41) is 5.49. The van der Waals surface area contributed by atoms with E-state index in [0.717, 1.165) is 0 Å². The van der Waals surface area contributed by atoms with Gasteiger partial charge in [0.2, 0.25) is 18.6 Å². The number of nitrogens with one attached hydrogen (secondary N) is 2. The predicted octanol–water partition coefficient (Wildman–Crippen LogP) is 2.56. The van der Waals surface area contributed by atoms with Crippen molar-refractivity contribution in [3.05, 3.63) is 48.0 Å². The van der Waals surface area contributed by atoms with E-state index in [9.17, 15) is 14.4 Å². The molecule has 1 aliphatic heterocycles. The molecule has 2 N–H and O–H groups in total. The highest BCUT2D eigenvalue weighted by molar-refractivity contribution is 6.17. The average molecular weight is 382 g/mol. The van der Waals surface area contributed by atoms with E-state index in [0.29, 0.717) is 41.3 Å². The van der Waals surface area contributed by atoms with Crippen LogP contribution in [-0.4, -0.2) is 31.7 Å². The third-order valence-electron chi connectivity index (χ3n) is 4.79. The molecule has 1 aliphatic carbocycles. The largest absolute Gasteiger partial charge is 0.465 e. The fourth-order valence-electron chi connectivity index (χ4n) is 3.00. The van der Waals surface area contributed by atoms with Crippen LogP contribution < -0.4 is 20.1 Å². The van der Waals surface area contributed by atoms with Crippen molar-refractivity contribution in [2.24, 2.45) is 5.41 Å². The van der Waals surface area contributed by atoms with Gasteiger partial charge in [0.1, 0.15) is 5.41 Å². The molecule has 4 rings (SSSR count). The van der Waals surface area contributed by atoms with Crippen LogP contribution in [0.15, 0.2) is 42.5 Å². The Labute approximate surface area is 160 Å². The summed E-state index contributed by atoms with van der Waals surface area (Å²) in [4.78, 5) is 37.1. The molecule has 2 aromatic carbocycles. The number of amides is 2. The number of esters is 1. The number of ether oxygens (including phenoxy) is 3. The van der Waals surface area contributed by atoms with Crippen LogP contribution >= 0.6 is 0 Å². The van der Waals surface area contributed by atoms with E-state index in [1.54, 1.807) is 36.4 Å². The zero-order valence-corrected chi connectivity index (χ0v) is 15.1. The third kappa shape index (κ3) is 3.24. The van der Waals surface area contributed by atoms with Crippen LogP contribution in [0.3, 0.4) is 0 Å². The molecule has 8 nitrogen and oxygen atoms in total. The zero-order valence-electron chi connectivity index (χ0n) is 15.1. The van der Waals surface area contributed by atoms with Gasteiger partial charge < -0.3 is 24.8 Å². The lowest BCUT2D eigenvalue weighted by Crippen LogP contribution is -2.35. The molecule has 0 unspecified atom stereocenters. The first kappa shape index (κ1) is 17.8. The number of methoxy groups -OCH3 is 1. The molecule has 0 saturated heterocycles. The highest BCUT2D eigenvalue weighted by atomic mass is 16.7. The molecule has 0 atom stereocenters. The number of fused-ring (bicyclic) bond motifs is 1. The van der Waals surface area contributed by atoms with Gasteiger partial charge in [-0.15, -0.1) is 0 Å². The fraction of sp³-hybridized carbons (Fsp3) is 0.250. The maximum atomic E-state index is 12.7. The normalized spacial score (nSPS) is 15.5. The summed E-state index contributed by atoms with van der Waals surface area (Å²) in [6, 6.07) is 11.4. The van der Waals surface area contributed by atoms with Crippen molar-refractivity contribution in [2.45, 2.75) is 12.8 Å². The van der Waals surface area contributed by atoms with Gasteiger partial charge in [-0.25, -0.2) is 4.79 Å². The van der Waals surface area contributed by atoms with Gasteiger partial charge in [0.15, 0.2) is 11.5 Å². The second-order valence-corrected chi connectivity index (χ2v) is 6.63. The average Bonchev–Trinajstić information content (AvgIpc) is 3.40. The molecule has 0 radical (unpaired) electrons. The van der Waals surface area contributed by atoms with Crippen molar-refractivity contribution in [1.82, 2.24) is 0 Å². The number of hydrogen-bond donors (Lipinski definition) is 2. The molecule has 1 fully saturated rings. The van der Waals surface area contributed by atoms with Gasteiger partial charge >= 0.3 is 5.97 Å². The van der Waals surface area contributed by atoms with Gasteiger partial charge in [-0.3, -0.25) is 9.59 Å². The first-order valence-corrected chi connectivity index (χ1v) is 8.73. The van der Waals surface area contributed by atoms with Crippen molar-refractivity contribution in [3.8, 4) is 11.5 Å².